The van der Waals surface area contributed by atoms with Crippen LogP contribution in [0.1, 0.15) is 40.7 Å². The molecule has 0 saturated carbocycles. The fraction of sp³-hybridized carbons (Fsp3) is 0.226. The Morgan fingerprint density at radius 1 is 0.846 bits per heavy atom. The summed E-state index contributed by atoms with van der Waals surface area (Å²) in [5.74, 6) is 1.38. The molecule has 0 unspecified atom stereocenters. The van der Waals surface area contributed by atoms with Gasteiger partial charge in [-0.15, -0.1) is 0 Å². The maximum Gasteiger partial charge on any atom is 0.246 e. The number of phenolic OH excluding ortho intramolecular Hbond substituents is 2. The molecule has 2 aliphatic heterocycles. The highest BCUT2D eigenvalue weighted by molar-refractivity contribution is 6.12. The van der Waals surface area contributed by atoms with Crippen LogP contribution >= 0.6 is 0 Å². The van der Waals surface area contributed by atoms with Gasteiger partial charge in [-0.3, -0.25) is 9.59 Å². The van der Waals surface area contributed by atoms with Crippen molar-refractivity contribution in [3.8, 4) is 28.7 Å². The molecule has 0 spiro atoms. The molecule has 2 N–H and O–H groups in total. The fourth-order valence-corrected chi connectivity index (χ4v) is 4.18. The third-order valence-electron chi connectivity index (χ3n) is 6.30. The number of fused-ring (bicyclic) bond motifs is 1. The molecule has 1 saturated heterocycles. The van der Waals surface area contributed by atoms with Crippen LogP contribution in [-0.2, 0) is 4.79 Å². The Morgan fingerprint density at radius 3 is 2.33 bits per heavy atom. The molecule has 202 valence electrons. The van der Waals surface area contributed by atoms with Crippen molar-refractivity contribution in [2.45, 2.75) is 19.3 Å². The first-order chi connectivity index (χ1) is 19.0. The molecule has 1 fully saturated rings. The van der Waals surface area contributed by atoms with E-state index in [1.165, 1.54) is 37.8 Å². The number of hydrogen-bond acceptors (Lipinski definition) is 7. The Morgan fingerprint density at radius 2 is 1.59 bits per heavy atom. The molecule has 39 heavy (non-hydrogen) atoms. The number of benzene rings is 3. The van der Waals surface area contributed by atoms with Gasteiger partial charge in [-0.2, -0.15) is 0 Å². The normalized spacial score (nSPS) is 14.2. The predicted octanol–water partition coefficient (Wildman–Crippen LogP) is 5.33. The Hall–Kier alpha value is -4.72. The molecule has 5 rings (SSSR count). The molecule has 1 amide bonds. The van der Waals surface area contributed by atoms with Crippen molar-refractivity contribution < 1.29 is 34.0 Å². The van der Waals surface area contributed by atoms with Crippen LogP contribution < -0.4 is 14.2 Å². The van der Waals surface area contributed by atoms with E-state index in [2.05, 4.69) is 0 Å². The van der Waals surface area contributed by atoms with E-state index >= 15 is 0 Å². The van der Waals surface area contributed by atoms with Gasteiger partial charge in [0.15, 0.2) is 17.3 Å². The number of rotatable bonds is 6. The quantitative estimate of drug-likeness (QED) is 0.252. The first-order valence-corrected chi connectivity index (χ1v) is 12.7. The zero-order valence-corrected chi connectivity index (χ0v) is 21.7. The number of ether oxygens (including phenoxy) is 3. The lowest BCUT2D eigenvalue weighted by atomic mass is 10.0. The highest BCUT2D eigenvalue weighted by atomic mass is 16.7. The van der Waals surface area contributed by atoms with Crippen LogP contribution in [0.3, 0.4) is 0 Å². The summed E-state index contributed by atoms with van der Waals surface area (Å²) in [4.78, 5) is 26.0. The molecule has 0 aromatic heterocycles. The molecule has 3 aromatic rings. The number of hydrogen-bond donors (Lipinski definition) is 2. The van der Waals surface area contributed by atoms with Gasteiger partial charge in [0.2, 0.25) is 12.7 Å². The van der Waals surface area contributed by atoms with Gasteiger partial charge in [0.1, 0.15) is 17.2 Å². The average molecular weight is 530 g/mol. The van der Waals surface area contributed by atoms with Crippen LogP contribution in [0, 0.1) is 0 Å². The fourth-order valence-electron chi connectivity index (χ4n) is 4.18. The second-order valence-electron chi connectivity index (χ2n) is 8.95. The summed E-state index contributed by atoms with van der Waals surface area (Å²) in [6, 6.07) is 16.4. The number of piperidine rings is 1. The van der Waals surface area contributed by atoms with E-state index in [0.29, 0.717) is 5.75 Å². The van der Waals surface area contributed by atoms with Crippen molar-refractivity contribution in [3.05, 3.63) is 95.6 Å². The second kappa shape index (κ2) is 13.2. The van der Waals surface area contributed by atoms with E-state index in [0.717, 1.165) is 43.0 Å². The summed E-state index contributed by atoms with van der Waals surface area (Å²) in [5, 5.41) is 19.4. The van der Waals surface area contributed by atoms with Gasteiger partial charge in [0.05, 0.1) is 18.2 Å². The van der Waals surface area contributed by atoms with Gasteiger partial charge in [0.25, 0.3) is 0 Å². The number of allylic oxidation sites excluding steroid dienone is 2. The van der Waals surface area contributed by atoms with E-state index in [-0.39, 0.29) is 35.3 Å². The monoisotopic (exact) mass is 529 g/mol. The number of nitrogens with zero attached hydrogens (tertiary/aromatic N) is 1. The van der Waals surface area contributed by atoms with Crippen LogP contribution in [0.15, 0.2) is 78.9 Å². The zero-order chi connectivity index (χ0) is 27.6. The third-order valence-corrected chi connectivity index (χ3v) is 6.30. The van der Waals surface area contributed by atoms with E-state index in [4.69, 9.17) is 14.2 Å². The van der Waals surface area contributed by atoms with E-state index in [1.807, 2.05) is 35.3 Å². The minimum Gasteiger partial charge on any atom is -0.507 e. The molecular weight excluding hydrogens is 498 g/mol. The van der Waals surface area contributed by atoms with E-state index in [9.17, 15) is 19.8 Å². The van der Waals surface area contributed by atoms with Crippen LogP contribution in [0.4, 0.5) is 0 Å². The summed E-state index contributed by atoms with van der Waals surface area (Å²) in [6.07, 6.45) is 10.7. The van der Waals surface area contributed by atoms with Gasteiger partial charge < -0.3 is 29.3 Å². The average Bonchev–Trinajstić information content (AvgIpc) is 3.44. The van der Waals surface area contributed by atoms with E-state index in [1.54, 1.807) is 30.4 Å². The Bertz CT molecular complexity index is 1370. The van der Waals surface area contributed by atoms with Gasteiger partial charge in [-0.1, -0.05) is 36.4 Å². The maximum absolute atomic E-state index is 12.1. The largest absolute Gasteiger partial charge is 0.507 e. The number of ketones is 1. The molecule has 2 aliphatic rings. The lowest BCUT2D eigenvalue weighted by molar-refractivity contribution is -0.126. The number of carbonyl (C=O) groups excluding carboxylic acids is 2. The molecule has 0 bridgehead atoms. The van der Waals surface area contributed by atoms with Gasteiger partial charge in [-0.25, -0.2) is 0 Å². The number of para-hydroxylation sites is 1. The molecule has 8 nitrogen and oxygen atoms in total. The summed E-state index contributed by atoms with van der Waals surface area (Å²) < 4.78 is 15.5. The van der Waals surface area contributed by atoms with Gasteiger partial charge in [0, 0.05) is 25.2 Å². The summed E-state index contributed by atoms with van der Waals surface area (Å²) >= 11 is 0. The molecule has 0 atom stereocenters. The van der Waals surface area contributed by atoms with Crippen molar-refractivity contribution in [1.82, 2.24) is 4.90 Å². The standard InChI is InChI=1S/C17H19NO3.C14H12O4/c19-17(18-10-4-1-5-11-18)7-3-2-6-14-8-9-15-16(12-14)21-13-20-15;1-18-9-6-7-11(13(16)8-9)14(17)10-4-2-3-5-12(10)15/h2-3,6-9,12H,1,4-5,10-11,13H2;2-8,15-16H,1H3. The highest BCUT2D eigenvalue weighted by Crippen LogP contribution is 2.33. The number of aromatic hydroxyl groups is 2. The minimum atomic E-state index is -0.437. The molecule has 3 aromatic carbocycles. The first kappa shape index (κ1) is 27.3. The molecule has 8 heteroatoms. The molecule has 0 aliphatic carbocycles. The Labute approximate surface area is 227 Å². The second-order valence-corrected chi connectivity index (χ2v) is 8.95. The summed E-state index contributed by atoms with van der Waals surface area (Å²) in [5.41, 5.74) is 1.30. The highest BCUT2D eigenvalue weighted by Gasteiger charge is 2.17. The Kier molecular flexibility index (Phi) is 9.24. The topological polar surface area (TPSA) is 106 Å². The number of methoxy groups -OCH3 is 1. The predicted molar refractivity (Wildman–Crippen MR) is 147 cm³/mol. The molecular formula is C31H31NO7. The summed E-state index contributed by atoms with van der Waals surface area (Å²) in [6.45, 7) is 2.05. The van der Waals surface area contributed by atoms with Gasteiger partial charge >= 0.3 is 0 Å². The van der Waals surface area contributed by atoms with E-state index < -0.39 is 5.78 Å². The zero-order valence-electron chi connectivity index (χ0n) is 21.7. The van der Waals surface area contributed by atoms with Crippen molar-refractivity contribution in [2.24, 2.45) is 0 Å². The Balaban J connectivity index is 0.000000183. The van der Waals surface area contributed by atoms with Crippen molar-refractivity contribution in [3.63, 3.8) is 0 Å². The molecule has 0 radical (unpaired) electrons. The SMILES string of the molecule is COc1ccc(C(=O)c2ccccc2O)c(O)c1.O=C(C=CC=Cc1ccc2c(c1)OCO2)N1CCCCC1. The van der Waals surface area contributed by atoms with Crippen molar-refractivity contribution in [1.29, 1.82) is 0 Å². The van der Waals surface area contributed by atoms with Crippen LogP contribution in [0.25, 0.3) is 6.08 Å². The maximum atomic E-state index is 12.1. The number of amides is 1. The lowest BCUT2D eigenvalue weighted by Crippen LogP contribution is -2.34. The number of phenols is 2. The van der Waals surface area contributed by atoms with Crippen molar-refractivity contribution in [2.75, 3.05) is 27.0 Å². The number of likely N-dealkylation sites (tertiary alicyclic amines) is 1. The minimum absolute atomic E-state index is 0.102. The number of carbonyl (C=O) groups is 2. The first-order valence-electron chi connectivity index (χ1n) is 12.7. The van der Waals surface area contributed by atoms with Crippen LogP contribution in [0.5, 0.6) is 28.7 Å². The van der Waals surface area contributed by atoms with Crippen LogP contribution in [-0.4, -0.2) is 53.8 Å². The van der Waals surface area contributed by atoms with Gasteiger partial charge in [-0.05, 0) is 61.2 Å². The lowest BCUT2D eigenvalue weighted by Gasteiger charge is -2.25. The summed E-state index contributed by atoms with van der Waals surface area (Å²) in [7, 11) is 1.47. The molecule has 2 heterocycles. The van der Waals surface area contributed by atoms with Crippen LogP contribution in [0.2, 0.25) is 0 Å². The van der Waals surface area contributed by atoms with Crippen molar-refractivity contribution >= 4 is 17.8 Å². The smallest absolute Gasteiger partial charge is 0.246 e. The third kappa shape index (κ3) is 7.19.